The molecule has 7 heteroatoms. The molecule has 0 saturated carbocycles. The van der Waals surface area contributed by atoms with Crippen molar-refractivity contribution in [2.75, 3.05) is 7.11 Å². The summed E-state index contributed by atoms with van der Waals surface area (Å²) >= 11 is 0. The van der Waals surface area contributed by atoms with Gasteiger partial charge in [0.1, 0.15) is 0 Å². The molecule has 50 valence electrons. The summed E-state index contributed by atoms with van der Waals surface area (Å²) in [6.07, 6.45) is 0. The second-order valence-corrected chi connectivity index (χ2v) is 2.75. The van der Waals surface area contributed by atoms with E-state index in [1.165, 1.54) is 7.11 Å². The number of rotatable bonds is 3. The zero-order valence-electron chi connectivity index (χ0n) is 4.05. The van der Waals surface area contributed by atoms with Crippen LogP contribution < -0.4 is 0 Å². The Bertz CT molecular complexity index is 56.4. The fraction of sp³-hybridized carbons (Fsp3) is 1.00. The molecular weight excluding hydrogens is 154 g/mol. The lowest BCUT2D eigenvalue weighted by Gasteiger charge is -2.05. The summed E-state index contributed by atoms with van der Waals surface area (Å²) in [6, 6.07) is 0. The molecule has 0 rings (SSSR count). The van der Waals surface area contributed by atoms with Crippen molar-refractivity contribution in [2.24, 2.45) is 0 Å². The third kappa shape index (κ3) is 4.81. The van der Waals surface area contributed by atoms with Gasteiger partial charge in [-0.25, -0.2) is 4.31 Å². The molecule has 5 nitrogen and oxygen atoms in total. The van der Waals surface area contributed by atoms with Gasteiger partial charge in [-0.1, -0.05) is 0 Å². The normalized spacial score (nSPS) is 14.6. The lowest BCUT2D eigenvalue weighted by Crippen LogP contribution is -1.78. The molecule has 0 spiro atoms. The Hall–Kier alpha value is 0.660. The number of hydrogen-bond acceptors (Lipinski definition) is 5. The zero-order valence-corrected chi connectivity index (χ0v) is 5.84. The van der Waals surface area contributed by atoms with E-state index >= 15 is 0 Å². The smallest absolute Gasteiger partial charge is 0.328 e. The maximum Gasteiger partial charge on any atom is 0.336 e. The summed E-state index contributed by atoms with van der Waals surface area (Å²) in [4.78, 5) is 24.4. The van der Waals surface area contributed by atoms with Crippen LogP contribution in [-0.4, -0.2) is 21.8 Å². The minimum absolute atomic E-state index is 1.20. The first-order chi connectivity index (χ1) is 3.66. The average molecular weight is 160 g/mol. The van der Waals surface area contributed by atoms with Gasteiger partial charge in [0, 0.05) is 7.11 Å². The van der Waals surface area contributed by atoms with Crippen LogP contribution in [0.5, 0.6) is 0 Å². The minimum Gasteiger partial charge on any atom is -0.328 e. The van der Waals surface area contributed by atoms with Crippen molar-refractivity contribution >= 4 is 17.2 Å². The van der Waals surface area contributed by atoms with Gasteiger partial charge in [-0.05, 0) is 0 Å². The molecule has 0 saturated heterocycles. The van der Waals surface area contributed by atoms with E-state index in [4.69, 9.17) is 14.7 Å². The van der Waals surface area contributed by atoms with E-state index in [-0.39, 0.29) is 0 Å². The maximum atomic E-state index is 8.34. The van der Waals surface area contributed by atoms with Gasteiger partial charge in [0.15, 0.2) is 0 Å². The Morgan fingerprint density at radius 3 is 1.88 bits per heavy atom. The van der Waals surface area contributed by atoms with E-state index in [0.29, 0.717) is 0 Å². The topological polar surface area (TPSA) is 79.2 Å². The van der Waals surface area contributed by atoms with Crippen LogP contribution in [0.25, 0.3) is 0 Å². The Morgan fingerprint density at radius 2 is 1.75 bits per heavy atom. The molecule has 0 fully saturated rings. The lowest BCUT2D eigenvalue weighted by molar-refractivity contribution is 0.290. The fourth-order valence-corrected chi connectivity index (χ4v) is 0.862. The molecule has 0 aliphatic rings. The summed E-state index contributed by atoms with van der Waals surface area (Å²) in [5.41, 5.74) is 0. The van der Waals surface area contributed by atoms with Crippen molar-refractivity contribution < 1.29 is 23.5 Å². The molecule has 1 atom stereocenters. The first-order valence-corrected chi connectivity index (χ1v) is 3.85. The summed E-state index contributed by atoms with van der Waals surface area (Å²) in [5, 5.41) is 0. The molecule has 0 amide bonds. The molecule has 0 bridgehead atoms. The summed E-state index contributed by atoms with van der Waals surface area (Å²) in [7, 11) is -3.38. The fourth-order valence-electron chi connectivity index (χ4n) is 0.0958. The van der Waals surface area contributed by atoms with Crippen LogP contribution >= 0.6 is 17.2 Å². The molecule has 0 aromatic heterocycles. The predicted octanol–water partition coefficient (Wildman–Crippen LogP) is 0.0801. The maximum absolute atomic E-state index is 8.34. The van der Waals surface area contributed by atoms with Gasteiger partial charge in [0.2, 0.25) is 0 Å². The van der Waals surface area contributed by atoms with Crippen LogP contribution in [0.4, 0.5) is 0 Å². The molecule has 0 aliphatic heterocycles. The van der Waals surface area contributed by atoms with Gasteiger partial charge >= 0.3 is 17.2 Å². The van der Waals surface area contributed by atoms with E-state index in [9.17, 15) is 0 Å². The van der Waals surface area contributed by atoms with Gasteiger partial charge in [-0.3, -0.25) is 0 Å². The second-order valence-electron chi connectivity index (χ2n) is 0.755. The quantitative estimate of drug-likeness (QED) is 0.509. The highest BCUT2D eigenvalue weighted by Gasteiger charge is 2.09. The lowest BCUT2D eigenvalue weighted by atomic mass is 11.8. The van der Waals surface area contributed by atoms with Gasteiger partial charge < -0.3 is 19.2 Å². The largest absolute Gasteiger partial charge is 0.336 e. The van der Waals surface area contributed by atoms with Crippen molar-refractivity contribution in [3.8, 4) is 0 Å². The molecule has 0 aliphatic carbocycles. The van der Waals surface area contributed by atoms with E-state index in [0.717, 1.165) is 0 Å². The van der Waals surface area contributed by atoms with E-state index < -0.39 is 17.2 Å². The highest BCUT2D eigenvalue weighted by molar-refractivity contribution is 7.54. The molecule has 0 radical (unpaired) electrons. The molecule has 3 N–H and O–H groups in total. The zero-order chi connectivity index (χ0) is 6.57. The first-order valence-electron chi connectivity index (χ1n) is 1.56. The predicted molar refractivity (Wildman–Crippen MR) is 28.6 cm³/mol. The van der Waals surface area contributed by atoms with E-state index in [2.05, 4.69) is 8.83 Å². The first kappa shape index (κ1) is 8.66. The van der Waals surface area contributed by atoms with Crippen LogP contribution in [0.3, 0.4) is 0 Å². The highest BCUT2D eigenvalue weighted by Crippen LogP contribution is 2.45. The van der Waals surface area contributed by atoms with Crippen molar-refractivity contribution in [3.05, 3.63) is 0 Å². The van der Waals surface area contributed by atoms with Crippen molar-refractivity contribution in [1.82, 2.24) is 0 Å². The van der Waals surface area contributed by atoms with Crippen LogP contribution in [0, 0.1) is 0 Å². The van der Waals surface area contributed by atoms with Crippen molar-refractivity contribution in [3.63, 3.8) is 0 Å². The minimum atomic E-state index is -2.49. The molecule has 0 aromatic rings. The van der Waals surface area contributed by atoms with E-state index in [1.54, 1.807) is 0 Å². The third-order valence-electron chi connectivity index (χ3n) is 0.299. The van der Waals surface area contributed by atoms with Gasteiger partial charge in [-0.2, -0.15) is 0 Å². The summed E-state index contributed by atoms with van der Waals surface area (Å²) in [5.74, 6) is 0. The van der Waals surface area contributed by atoms with Crippen molar-refractivity contribution in [2.45, 2.75) is 0 Å². The molecular formula is CH6O5P2. The van der Waals surface area contributed by atoms with E-state index in [1.807, 2.05) is 0 Å². The molecule has 0 heterocycles. The van der Waals surface area contributed by atoms with Gasteiger partial charge in [0.05, 0.1) is 0 Å². The molecule has 0 aromatic carbocycles. The van der Waals surface area contributed by atoms with Gasteiger partial charge in [-0.15, -0.1) is 0 Å². The second kappa shape index (κ2) is 4.53. The molecule has 1 unspecified atom stereocenters. The Morgan fingerprint density at radius 1 is 1.25 bits per heavy atom. The number of hydrogen-bond donors (Lipinski definition) is 3. The monoisotopic (exact) mass is 160 g/mol. The molecule has 8 heavy (non-hydrogen) atoms. The van der Waals surface area contributed by atoms with Crippen LogP contribution in [0.1, 0.15) is 0 Å². The Labute approximate surface area is 48.9 Å². The standard InChI is InChI=1S/CH6O5P2/c1-5-8(4)6-7(2)3/h2-4H,1H3. The van der Waals surface area contributed by atoms with Gasteiger partial charge in [0.25, 0.3) is 0 Å². The SMILES string of the molecule is COP(O)OP(O)O. The Balaban J connectivity index is 3.10. The average Bonchev–Trinajstić information content (AvgIpc) is 1.65. The third-order valence-corrected chi connectivity index (χ3v) is 1.75. The van der Waals surface area contributed by atoms with Crippen LogP contribution in [-0.2, 0) is 8.83 Å². The van der Waals surface area contributed by atoms with Crippen molar-refractivity contribution in [1.29, 1.82) is 0 Å². The summed E-state index contributed by atoms with van der Waals surface area (Å²) in [6.45, 7) is 0. The van der Waals surface area contributed by atoms with Crippen LogP contribution in [0.2, 0.25) is 0 Å². The summed E-state index contributed by atoms with van der Waals surface area (Å²) < 4.78 is 8.13. The highest BCUT2D eigenvalue weighted by atomic mass is 31.2. The Kier molecular flexibility index (Phi) is 4.90. The van der Waals surface area contributed by atoms with Crippen LogP contribution in [0.15, 0.2) is 0 Å².